The SMILES string of the molecule is O=C(CSc1ccccc1Cl)Nc1ccc(N2CCOCC2)cn1. The quantitative estimate of drug-likeness (QED) is 0.826. The molecule has 1 fully saturated rings. The number of nitrogens with one attached hydrogen (secondary N) is 1. The number of rotatable bonds is 5. The van der Waals surface area contributed by atoms with Crippen LogP contribution in [0.2, 0.25) is 5.02 Å². The molecular weight excluding hydrogens is 346 g/mol. The van der Waals surface area contributed by atoms with Gasteiger partial charge in [-0.05, 0) is 24.3 Å². The van der Waals surface area contributed by atoms with E-state index in [0.717, 1.165) is 36.9 Å². The fourth-order valence-electron chi connectivity index (χ4n) is 2.35. The van der Waals surface area contributed by atoms with Crippen molar-refractivity contribution in [3.05, 3.63) is 47.6 Å². The van der Waals surface area contributed by atoms with E-state index in [1.165, 1.54) is 11.8 Å². The Morgan fingerprint density at radius 1 is 1.25 bits per heavy atom. The molecule has 0 saturated carbocycles. The Bertz CT molecular complexity index is 690. The van der Waals surface area contributed by atoms with Crippen molar-refractivity contribution in [3.63, 3.8) is 0 Å². The first kappa shape index (κ1) is 17.1. The van der Waals surface area contributed by atoms with Crippen LogP contribution in [0.25, 0.3) is 0 Å². The average molecular weight is 364 g/mol. The second-order valence-electron chi connectivity index (χ2n) is 5.27. The third-order valence-electron chi connectivity index (χ3n) is 3.59. The maximum atomic E-state index is 12.0. The van der Waals surface area contributed by atoms with Crippen molar-refractivity contribution < 1.29 is 9.53 Å². The van der Waals surface area contributed by atoms with Crippen LogP contribution in [-0.4, -0.2) is 42.9 Å². The molecule has 0 bridgehead atoms. The molecule has 0 aliphatic carbocycles. The van der Waals surface area contributed by atoms with Gasteiger partial charge in [0.05, 0.1) is 35.9 Å². The summed E-state index contributed by atoms with van der Waals surface area (Å²) in [6, 6.07) is 11.3. The van der Waals surface area contributed by atoms with E-state index in [1.54, 1.807) is 6.20 Å². The van der Waals surface area contributed by atoms with E-state index in [1.807, 2.05) is 36.4 Å². The summed E-state index contributed by atoms with van der Waals surface area (Å²) >= 11 is 7.49. The Labute approximate surface area is 150 Å². The topological polar surface area (TPSA) is 54.5 Å². The molecule has 1 saturated heterocycles. The van der Waals surface area contributed by atoms with Gasteiger partial charge in [-0.15, -0.1) is 11.8 Å². The average Bonchev–Trinajstić information content (AvgIpc) is 2.62. The highest BCUT2D eigenvalue weighted by Crippen LogP contribution is 2.26. The van der Waals surface area contributed by atoms with Crippen LogP contribution in [0.3, 0.4) is 0 Å². The lowest BCUT2D eigenvalue weighted by atomic mass is 10.3. The minimum Gasteiger partial charge on any atom is -0.378 e. The van der Waals surface area contributed by atoms with Crippen LogP contribution in [0.5, 0.6) is 0 Å². The number of hydrogen-bond donors (Lipinski definition) is 1. The second-order valence-corrected chi connectivity index (χ2v) is 6.69. The molecule has 0 atom stereocenters. The minimum atomic E-state index is -0.105. The number of nitrogens with zero attached hydrogens (tertiary/aromatic N) is 2. The third kappa shape index (κ3) is 4.63. The highest BCUT2D eigenvalue weighted by molar-refractivity contribution is 8.00. The van der Waals surface area contributed by atoms with E-state index in [9.17, 15) is 4.79 Å². The summed E-state index contributed by atoms with van der Waals surface area (Å²) in [6.45, 7) is 3.19. The molecule has 1 aliphatic rings. The molecule has 0 radical (unpaired) electrons. The molecule has 24 heavy (non-hydrogen) atoms. The molecule has 1 aliphatic heterocycles. The monoisotopic (exact) mass is 363 g/mol. The molecule has 5 nitrogen and oxygen atoms in total. The van der Waals surface area contributed by atoms with Crippen molar-refractivity contribution in [2.45, 2.75) is 4.90 Å². The van der Waals surface area contributed by atoms with Gasteiger partial charge in [0.15, 0.2) is 0 Å². The summed E-state index contributed by atoms with van der Waals surface area (Å²) < 4.78 is 5.34. The highest BCUT2D eigenvalue weighted by Gasteiger charge is 2.12. The van der Waals surface area contributed by atoms with Crippen molar-refractivity contribution in [1.82, 2.24) is 4.98 Å². The van der Waals surface area contributed by atoms with E-state index >= 15 is 0 Å². The van der Waals surface area contributed by atoms with Gasteiger partial charge in [0.2, 0.25) is 5.91 Å². The summed E-state index contributed by atoms with van der Waals surface area (Å²) in [5, 5.41) is 3.46. The number of ether oxygens (including phenoxy) is 1. The number of aromatic nitrogens is 1. The second kappa shape index (κ2) is 8.37. The van der Waals surface area contributed by atoms with Gasteiger partial charge < -0.3 is 15.0 Å². The van der Waals surface area contributed by atoms with Crippen LogP contribution in [-0.2, 0) is 9.53 Å². The molecule has 0 spiro atoms. The van der Waals surface area contributed by atoms with Gasteiger partial charge in [-0.25, -0.2) is 4.98 Å². The van der Waals surface area contributed by atoms with Gasteiger partial charge in [0.25, 0.3) is 0 Å². The number of pyridine rings is 1. The Balaban J connectivity index is 1.52. The summed E-state index contributed by atoms with van der Waals surface area (Å²) in [6.07, 6.45) is 1.78. The van der Waals surface area contributed by atoms with Gasteiger partial charge in [-0.2, -0.15) is 0 Å². The fraction of sp³-hybridized carbons (Fsp3) is 0.294. The van der Waals surface area contributed by atoms with Crippen LogP contribution in [0.4, 0.5) is 11.5 Å². The lowest BCUT2D eigenvalue weighted by Gasteiger charge is -2.28. The van der Waals surface area contributed by atoms with Crippen LogP contribution >= 0.6 is 23.4 Å². The lowest BCUT2D eigenvalue weighted by molar-refractivity contribution is -0.113. The summed E-state index contributed by atoms with van der Waals surface area (Å²) in [5.41, 5.74) is 1.04. The molecular formula is C17H18ClN3O2S. The Morgan fingerprint density at radius 3 is 2.75 bits per heavy atom. The summed E-state index contributed by atoms with van der Waals surface area (Å²) in [4.78, 5) is 19.5. The van der Waals surface area contributed by atoms with E-state index in [-0.39, 0.29) is 11.7 Å². The number of hydrogen-bond acceptors (Lipinski definition) is 5. The molecule has 0 unspecified atom stereocenters. The number of morpholine rings is 1. The van der Waals surface area contributed by atoms with Crippen LogP contribution in [0.1, 0.15) is 0 Å². The van der Waals surface area contributed by atoms with E-state index in [2.05, 4.69) is 15.2 Å². The highest BCUT2D eigenvalue weighted by atomic mass is 35.5. The van der Waals surface area contributed by atoms with Crippen LogP contribution in [0.15, 0.2) is 47.5 Å². The molecule has 2 heterocycles. The van der Waals surface area contributed by atoms with E-state index in [0.29, 0.717) is 10.8 Å². The first-order valence-electron chi connectivity index (χ1n) is 7.68. The van der Waals surface area contributed by atoms with Crippen molar-refractivity contribution in [3.8, 4) is 0 Å². The normalized spacial score (nSPS) is 14.5. The third-order valence-corrected chi connectivity index (χ3v) is 5.10. The minimum absolute atomic E-state index is 0.105. The smallest absolute Gasteiger partial charge is 0.235 e. The van der Waals surface area contributed by atoms with E-state index in [4.69, 9.17) is 16.3 Å². The molecule has 1 aromatic heterocycles. The van der Waals surface area contributed by atoms with Gasteiger partial charge in [0.1, 0.15) is 5.82 Å². The summed E-state index contributed by atoms with van der Waals surface area (Å²) in [7, 11) is 0. The zero-order chi connectivity index (χ0) is 16.8. The Morgan fingerprint density at radius 2 is 2.04 bits per heavy atom. The molecule has 126 valence electrons. The Kier molecular flexibility index (Phi) is 5.96. The number of thioether (sulfide) groups is 1. The maximum Gasteiger partial charge on any atom is 0.235 e. The number of anilines is 2. The van der Waals surface area contributed by atoms with Crippen molar-refractivity contribution >= 4 is 40.8 Å². The maximum absolute atomic E-state index is 12.0. The molecule has 1 amide bonds. The van der Waals surface area contributed by atoms with E-state index < -0.39 is 0 Å². The molecule has 1 aromatic carbocycles. The zero-order valence-corrected chi connectivity index (χ0v) is 14.6. The molecule has 3 rings (SSSR count). The predicted octanol–water partition coefficient (Wildman–Crippen LogP) is 3.30. The number of amides is 1. The first-order valence-corrected chi connectivity index (χ1v) is 9.04. The Hall–Kier alpha value is -1.76. The van der Waals surface area contributed by atoms with Crippen LogP contribution in [0, 0.1) is 0 Å². The number of carbonyl (C=O) groups is 1. The van der Waals surface area contributed by atoms with Crippen molar-refractivity contribution in [2.75, 3.05) is 42.3 Å². The van der Waals surface area contributed by atoms with Gasteiger partial charge in [0, 0.05) is 18.0 Å². The predicted molar refractivity (Wildman–Crippen MR) is 98.1 cm³/mol. The van der Waals surface area contributed by atoms with Gasteiger partial charge in [-0.1, -0.05) is 23.7 Å². The largest absolute Gasteiger partial charge is 0.378 e. The van der Waals surface area contributed by atoms with Gasteiger partial charge in [-0.3, -0.25) is 4.79 Å². The zero-order valence-electron chi connectivity index (χ0n) is 13.1. The van der Waals surface area contributed by atoms with Gasteiger partial charge >= 0.3 is 0 Å². The van der Waals surface area contributed by atoms with Crippen molar-refractivity contribution in [1.29, 1.82) is 0 Å². The van der Waals surface area contributed by atoms with Crippen LogP contribution < -0.4 is 10.2 Å². The lowest BCUT2D eigenvalue weighted by Crippen LogP contribution is -2.36. The standard InChI is InChI=1S/C17H18ClN3O2S/c18-14-3-1-2-4-15(14)24-12-17(22)20-16-6-5-13(11-19-16)21-7-9-23-10-8-21/h1-6,11H,7-10,12H2,(H,19,20,22). The number of carbonyl (C=O) groups excluding carboxylic acids is 1. The first-order chi connectivity index (χ1) is 11.7. The fourth-order valence-corrected chi connectivity index (χ4v) is 3.39. The molecule has 1 N–H and O–H groups in total. The summed E-state index contributed by atoms with van der Waals surface area (Å²) in [5.74, 6) is 0.736. The molecule has 2 aromatic rings. The molecule has 7 heteroatoms. The van der Waals surface area contributed by atoms with Crippen molar-refractivity contribution in [2.24, 2.45) is 0 Å². The number of halogens is 1. The number of benzene rings is 1.